The van der Waals surface area contributed by atoms with Gasteiger partial charge in [0.25, 0.3) is 0 Å². The van der Waals surface area contributed by atoms with E-state index < -0.39 is 54.3 Å². The highest BCUT2D eigenvalue weighted by Gasteiger charge is 2.28. The molecule has 0 saturated carbocycles. The van der Waals surface area contributed by atoms with Gasteiger partial charge in [-0.3, -0.25) is 19.2 Å². The lowest BCUT2D eigenvalue weighted by Gasteiger charge is -2.22. The highest BCUT2D eigenvalue weighted by molar-refractivity contribution is 5.92. The molecule has 3 amide bonds. The van der Waals surface area contributed by atoms with Crippen LogP contribution >= 0.6 is 0 Å². The number of carboxylic acids is 2. The molecule has 13 nitrogen and oxygen atoms in total. The molecular formula is C19H30N6O7. The molecule has 0 aliphatic heterocycles. The minimum atomic E-state index is -1.19. The van der Waals surface area contributed by atoms with E-state index in [1.807, 2.05) is 13.8 Å². The Labute approximate surface area is 184 Å². The quantitative estimate of drug-likeness (QED) is 0.171. The fraction of sp³-hybridized carbons (Fsp3) is 0.579. The number of H-pyrrole nitrogens is 1. The van der Waals surface area contributed by atoms with E-state index in [9.17, 15) is 29.1 Å². The van der Waals surface area contributed by atoms with Crippen molar-refractivity contribution in [3.05, 3.63) is 18.2 Å². The van der Waals surface area contributed by atoms with Crippen LogP contribution in [0.25, 0.3) is 0 Å². The number of nitrogens with one attached hydrogen (secondary N) is 4. The van der Waals surface area contributed by atoms with Crippen molar-refractivity contribution < 1.29 is 34.2 Å². The number of nitrogens with zero attached hydrogens (tertiary/aromatic N) is 1. The van der Waals surface area contributed by atoms with E-state index in [1.54, 1.807) is 0 Å². The topological polar surface area (TPSA) is 217 Å². The Morgan fingerprint density at radius 3 is 2.31 bits per heavy atom. The van der Waals surface area contributed by atoms with Gasteiger partial charge >= 0.3 is 11.9 Å². The van der Waals surface area contributed by atoms with Gasteiger partial charge in [-0.25, -0.2) is 9.78 Å². The first-order chi connectivity index (χ1) is 15.0. The summed E-state index contributed by atoms with van der Waals surface area (Å²) < 4.78 is 0. The van der Waals surface area contributed by atoms with Crippen LogP contribution in [0, 0.1) is 5.92 Å². The normalized spacial score (nSPS) is 13.6. The number of carboxylic acid groups (broad SMARTS) is 2. The Kier molecular flexibility index (Phi) is 10.8. The maximum atomic E-state index is 12.7. The summed E-state index contributed by atoms with van der Waals surface area (Å²) in [6.07, 6.45) is 2.67. The molecule has 0 bridgehead atoms. The number of aromatic amines is 1. The third-order valence-corrected chi connectivity index (χ3v) is 4.38. The van der Waals surface area contributed by atoms with Crippen LogP contribution in [0.5, 0.6) is 0 Å². The van der Waals surface area contributed by atoms with Crippen LogP contribution in [0.4, 0.5) is 0 Å². The van der Waals surface area contributed by atoms with Gasteiger partial charge < -0.3 is 36.9 Å². The number of hydrogen-bond acceptors (Lipinski definition) is 7. The largest absolute Gasteiger partial charge is 0.481 e. The number of aliphatic carboxylic acids is 2. The monoisotopic (exact) mass is 454 g/mol. The van der Waals surface area contributed by atoms with Crippen LogP contribution in [0.2, 0.25) is 0 Å². The molecule has 178 valence electrons. The van der Waals surface area contributed by atoms with Crippen molar-refractivity contribution in [1.82, 2.24) is 25.9 Å². The number of carbonyl (C=O) groups is 5. The van der Waals surface area contributed by atoms with E-state index in [-0.39, 0.29) is 31.6 Å². The lowest BCUT2D eigenvalue weighted by Crippen LogP contribution is -2.54. The lowest BCUT2D eigenvalue weighted by molar-refractivity contribution is -0.142. The van der Waals surface area contributed by atoms with E-state index in [2.05, 4.69) is 25.9 Å². The predicted molar refractivity (Wildman–Crippen MR) is 111 cm³/mol. The summed E-state index contributed by atoms with van der Waals surface area (Å²) in [7, 11) is 0. The number of nitrogens with two attached hydrogens (primary N) is 1. The molecule has 0 aliphatic carbocycles. The van der Waals surface area contributed by atoms with Gasteiger partial charge in [0.15, 0.2) is 0 Å². The third kappa shape index (κ3) is 10.0. The molecule has 1 aromatic heterocycles. The van der Waals surface area contributed by atoms with Crippen LogP contribution < -0.4 is 21.7 Å². The van der Waals surface area contributed by atoms with Gasteiger partial charge in [-0.15, -0.1) is 0 Å². The van der Waals surface area contributed by atoms with Crippen LogP contribution in [-0.4, -0.2) is 74.5 Å². The average molecular weight is 454 g/mol. The fourth-order valence-corrected chi connectivity index (χ4v) is 2.74. The molecular weight excluding hydrogens is 424 g/mol. The predicted octanol–water partition coefficient (Wildman–Crippen LogP) is -1.64. The molecule has 8 N–H and O–H groups in total. The van der Waals surface area contributed by atoms with Crippen LogP contribution in [0.1, 0.15) is 38.8 Å². The summed E-state index contributed by atoms with van der Waals surface area (Å²) in [5.74, 6) is -4.40. The molecule has 1 aromatic rings. The molecule has 32 heavy (non-hydrogen) atoms. The Bertz CT molecular complexity index is 796. The minimum absolute atomic E-state index is 0.0116. The Morgan fingerprint density at radius 2 is 1.78 bits per heavy atom. The summed E-state index contributed by atoms with van der Waals surface area (Å²) >= 11 is 0. The Hall–Kier alpha value is -3.48. The number of aromatic nitrogens is 2. The second-order valence-corrected chi connectivity index (χ2v) is 7.69. The first-order valence-electron chi connectivity index (χ1n) is 10.0. The van der Waals surface area contributed by atoms with E-state index in [0.717, 1.165) is 0 Å². The van der Waals surface area contributed by atoms with Crippen molar-refractivity contribution in [2.75, 3.05) is 6.54 Å². The van der Waals surface area contributed by atoms with Crippen molar-refractivity contribution in [2.45, 2.75) is 57.7 Å². The first-order valence-corrected chi connectivity index (χ1v) is 10.0. The van der Waals surface area contributed by atoms with Gasteiger partial charge in [0, 0.05) is 24.7 Å². The summed E-state index contributed by atoms with van der Waals surface area (Å²) in [5, 5.41) is 25.1. The minimum Gasteiger partial charge on any atom is -0.481 e. The zero-order chi connectivity index (χ0) is 24.3. The van der Waals surface area contributed by atoms with Crippen molar-refractivity contribution in [2.24, 2.45) is 11.7 Å². The van der Waals surface area contributed by atoms with Crippen molar-refractivity contribution in [1.29, 1.82) is 0 Å². The highest BCUT2D eigenvalue weighted by Crippen LogP contribution is 2.06. The fourth-order valence-electron chi connectivity index (χ4n) is 2.74. The van der Waals surface area contributed by atoms with Gasteiger partial charge in [0.05, 0.1) is 18.9 Å². The van der Waals surface area contributed by atoms with Gasteiger partial charge in [-0.05, 0) is 18.8 Å². The lowest BCUT2D eigenvalue weighted by atomic mass is 10.0. The van der Waals surface area contributed by atoms with Crippen molar-refractivity contribution in [3.63, 3.8) is 0 Å². The smallest absolute Gasteiger partial charge is 0.326 e. The maximum Gasteiger partial charge on any atom is 0.326 e. The molecule has 0 aromatic carbocycles. The number of amides is 3. The maximum absolute atomic E-state index is 12.7. The standard InChI is InChI=1S/C19H30N6O7/c1-10(2)5-14(19(31)32)25-18(30)13(6-11-7-21-9-23-11)24-15(26)8-22-17(29)12(20)3-4-16(27)28/h7,9-10,12-14H,3-6,8,20H2,1-2H3,(H,21,23)(H,22,29)(H,24,26)(H,25,30)(H,27,28)(H,31,32). The summed E-state index contributed by atoms with van der Waals surface area (Å²) in [6.45, 7) is 3.13. The zero-order valence-corrected chi connectivity index (χ0v) is 18.0. The Balaban J connectivity index is 2.74. The second-order valence-electron chi connectivity index (χ2n) is 7.69. The van der Waals surface area contributed by atoms with E-state index in [4.69, 9.17) is 10.8 Å². The van der Waals surface area contributed by atoms with Gasteiger partial charge in [-0.2, -0.15) is 0 Å². The number of rotatable bonds is 14. The second kappa shape index (κ2) is 13.0. The number of carbonyl (C=O) groups excluding carboxylic acids is 3. The molecule has 1 heterocycles. The van der Waals surface area contributed by atoms with Crippen LogP contribution in [0.15, 0.2) is 12.5 Å². The van der Waals surface area contributed by atoms with E-state index in [0.29, 0.717) is 5.69 Å². The molecule has 13 heteroatoms. The molecule has 3 atom stereocenters. The van der Waals surface area contributed by atoms with E-state index in [1.165, 1.54) is 12.5 Å². The molecule has 0 spiro atoms. The van der Waals surface area contributed by atoms with Crippen LogP contribution in [-0.2, 0) is 30.4 Å². The molecule has 1 rings (SSSR count). The molecule has 0 radical (unpaired) electrons. The summed E-state index contributed by atoms with van der Waals surface area (Å²) in [5.41, 5.74) is 6.11. The number of imidazole rings is 1. The SMILES string of the molecule is CC(C)CC(NC(=O)C(Cc1cnc[nH]1)NC(=O)CNC(=O)C(N)CCC(=O)O)C(=O)O. The molecule has 3 unspecified atom stereocenters. The zero-order valence-electron chi connectivity index (χ0n) is 18.0. The summed E-state index contributed by atoms with van der Waals surface area (Å²) in [4.78, 5) is 65.5. The van der Waals surface area contributed by atoms with Gasteiger partial charge in [-0.1, -0.05) is 13.8 Å². The van der Waals surface area contributed by atoms with Gasteiger partial charge in [0.1, 0.15) is 12.1 Å². The number of hydrogen-bond donors (Lipinski definition) is 7. The summed E-state index contributed by atoms with van der Waals surface area (Å²) in [6, 6.07) is -3.36. The van der Waals surface area contributed by atoms with Crippen molar-refractivity contribution >= 4 is 29.7 Å². The molecule has 0 fully saturated rings. The molecule has 0 aliphatic rings. The van der Waals surface area contributed by atoms with Crippen LogP contribution in [0.3, 0.4) is 0 Å². The first kappa shape index (κ1) is 26.6. The Morgan fingerprint density at radius 1 is 1.09 bits per heavy atom. The van der Waals surface area contributed by atoms with Gasteiger partial charge in [0.2, 0.25) is 17.7 Å². The van der Waals surface area contributed by atoms with Crippen molar-refractivity contribution in [3.8, 4) is 0 Å². The highest BCUT2D eigenvalue weighted by atomic mass is 16.4. The molecule has 0 saturated heterocycles. The third-order valence-electron chi connectivity index (χ3n) is 4.38. The van der Waals surface area contributed by atoms with E-state index >= 15 is 0 Å². The average Bonchev–Trinajstić information content (AvgIpc) is 3.21.